The van der Waals surface area contributed by atoms with Crippen LogP contribution >= 0.6 is 0 Å². The highest BCUT2D eigenvalue weighted by Gasteiger charge is 2.14. The molecule has 1 amide bonds. The first-order valence-electron chi connectivity index (χ1n) is 5.86. The number of sulfonamides is 1. The van der Waals surface area contributed by atoms with Crippen molar-refractivity contribution in [3.05, 3.63) is 42.7 Å². The molecule has 0 spiro atoms. The zero-order chi connectivity index (χ0) is 14.6. The quantitative estimate of drug-likeness (QED) is 0.840. The van der Waals surface area contributed by atoms with Crippen molar-refractivity contribution in [3.8, 4) is 0 Å². The summed E-state index contributed by atoms with van der Waals surface area (Å²) >= 11 is 0. The molecule has 0 aliphatic heterocycles. The molecule has 3 N–H and O–H groups in total. The van der Waals surface area contributed by atoms with Crippen LogP contribution in [0.1, 0.15) is 6.42 Å². The Hall–Kier alpha value is -2.19. The molecule has 0 fully saturated rings. The van der Waals surface area contributed by atoms with Crippen LogP contribution in [0.5, 0.6) is 0 Å². The van der Waals surface area contributed by atoms with Gasteiger partial charge in [-0.1, -0.05) is 12.1 Å². The van der Waals surface area contributed by atoms with Crippen molar-refractivity contribution >= 4 is 21.6 Å². The second-order valence-electron chi connectivity index (χ2n) is 4.11. The first kappa shape index (κ1) is 14.2. The third-order valence-corrected chi connectivity index (χ3v) is 3.56. The molecular weight excluding hydrogens is 280 g/mol. The first-order valence-corrected chi connectivity index (χ1v) is 7.40. The fourth-order valence-electron chi connectivity index (χ4n) is 1.68. The van der Waals surface area contributed by atoms with E-state index >= 15 is 0 Å². The average molecular weight is 294 g/mol. The number of hydrogen-bond donors (Lipinski definition) is 2. The molecule has 0 saturated carbocycles. The Labute approximate surface area is 116 Å². The van der Waals surface area contributed by atoms with Crippen LogP contribution in [-0.2, 0) is 21.4 Å². The number of rotatable bonds is 5. The average Bonchev–Trinajstić information content (AvgIpc) is 2.89. The number of primary sulfonamides is 1. The van der Waals surface area contributed by atoms with Gasteiger partial charge >= 0.3 is 0 Å². The van der Waals surface area contributed by atoms with Gasteiger partial charge in [0.2, 0.25) is 15.9 Å². The van der Waals surface area contributed by atoms with Crippen molar-refractivity contribution < 1.29 is 13.2 Å². The van der Waals surface area contributed by atoms with Gasteiger partial charge in [0.15, 0.2) is 0 Å². The second-order valence-corrected chi connectivity index (χ2v) is 5.64. The zero-order valence-corrected chi connectivity index (χ0v) is 11.4. The minimum atomic E-state index is -3.87. The molecular formula is C12H14N4O3S. The van der Waals surface area contributed by atoms with Crippen molar-refractivity contribution in [2.24, 2.45) is 5.14 Å². The number of aromatic nitrogens is 2. The van der Waals surface area contributed by atoms with Gasteiger partial charge in [-0.3, -0.25) is 9.48 Å². The van der Waals surface area contributed by atoms with Crippen LogP contribution in [0.3, 0.4) is 0 Å². The van der Waals surface area contributed by atoms with E-state index in [4.69, 9.17) is 5.14 Å². The summed E-state index contributed by atoms with van der Waals surface area (Å²) in [5.74, 6) is -0.309. The fraction of sp³-hybridized carbons (Fsp3) is 0.167. The van der Waals surface area contributed by atoms with Gasteiger partial charge in [-0.25, -0.2) is 13.6 Å². The number of hydrogen-bond acceptors (Lipinski definition) is 4. The van der Waals surface area contributed by atoms with Crippen molar-refractivity contribution in [1.82, 2.24) is 9.78 Å². The number of aryl methyl sites for hydroxylation is 1. The van der Waals surface area contributed by atoms with Gasteiger partial charge in [-0.15, -0.1) is 0 Å². The highest BCUT2D eigenvalue weighted by atomic mass is 32.2. The summed E-state index contributed by atoms with van der Waals surface area (Å²) in [5.41, 5.74) is 0.181. The topological polar surface area (TPSA) is 107 Å². The van der Waals surface area contributed by atoms with E-state index in [-0.39, 0.29) is 22.9 Å². The Morgan fingerprint density at radius 3 is 2.70 bits per heavy atom. The maximum absolute atomic E-state index is 11.8. The maximum Gasteiger partial charge on any atom is 0.240 e. The van der Waals surface area contributed by atoms with Crippen molar-refractivity contribution in [3.63, 3.8) is 0 Å². The fourth-order valence-corrected chi connectivity index (χ4v) is 2.37. The number of amides is 1. The molecule has 8 heteroatoms. The summed E-state index contributed by atoms with van der Waals surface area (Å²) in [6, 6.07) is 7.76. The Balaban J connectivity index is 2.05. The second kappa shape index (κ2) is 5.85. The van der Waals surface area contributed by atoms with Crippen LogP contribution in [0.4, 0.5) is 5.69 Å². The highest BCUT2D eigenvalue weighted by molar-refractivity contribution is 7.89. The maximum atomic E-state index is 11.8. The van der Waals surface area contributed by atoms with Crippen molar-refractivity contribution in [2.45, 2.75) is 17.9 Å². The molecule has 7 nitrogen and oxygen atoms in total. The smallest absolute Gasteiger partial charge is 0.240 e. The lowest BCUT2D eigenvalue weighted by molar-refractivity contribution is -0.116. The van der Waals surface area contributed by atoms with Crippen LogP contribution in [0.25, 0.3) is 0 Å². The lowest BCUT2D eigenvalue weighted by atomic mass is 10.3. The van der Waals surface area contributed by atoms with Gasteiger partial charge in [0.05, 0.1) is 5.69 Å². The number of para-hydroxylation sites is 1. The number of benzene rings is 1. The van der Waals surface area contributed by atoms with E-state index in [1.807, 2.05) is 0 Å². The summed E-state index contributed by atoms with van der Waals surface area (Å²) in [6.07, 6.45) is 3.54. The van der Waals surface area contributed by atoms with Gasteiger partial charge < -0.3 is 5.32 Å². The van der Waals surface area contributed by atoms with Gasteiger partial charge in [-0.05, 0) is 18.2 Å². The monoisotopic (exact) mass is 294 g/mol. The Morgan fingerprint density at radius 1 is 1.30 bits per heavy atom. The van der Waals surface area contributed by atoms with E-state index in [0.29, 0.717) is 6.54 Å². The molecule has 0 unspecified atom stereocenters. The predicted molar refractivity (Wildman–Crippen MR) is 73.3 cm³/mol. The number of nitrogens with two attached hydrogens (primary N) is 1. The third-order valence-electron chi connectivity index (χ3n) is 2.59. The molecule has 0 bridgehead atoms. The van der Waals surface area contributed by atoms with Gasteiger partial charge in [0, 0.05) is 25.4 Å². The molecule has 2 rings (SSSR count). The normalized spacial score (nSPS) is 11.2. The molecule has 0 aliphatic carbocycles. The zero-order valence-electron chi connectivity index (χ0n) is 10.6. The van der Waals surface area contributed by atoms with Gasteiger partial charge in [-0.2, -0.15) is 5.10 Å². The van der Waals surface area contributed by atoms with E-state index in [2.05, 4.69) is 10.4 Å². The number of anilines is 1. The largest absolute Gasteiger partial charge is 0.325 e. The Morgan fingerprint density at radius 2 is 2.05 bits per heavy atom. The van der Waals surface area contributed by atoms with Gasteiger partial charge in [0.1, 0.15) is 4.90 Å². The summed E-state index contributed by atoms with van der Waals surface area (Å²) in [5, 5.41) is 11.6. The van der Waals surface area contributed by atoms with E-state index in [9.17, 15) is 13.2 Å². The molecule has 1 heterocycles. The van der Waals surface area contributed by atoms with E-state index in [1.54, 1.807) is 35.3 Å². The molecule has 20 heavy (non-hydrogen) atoms. The van der Waals surface area contributed by atoms with E-state index < -0.39 is 10.0 Å². The molecule has 1 aromatic carbocycles. The Kier molecular flexibility index (Phi) is 4.16. The van der Waals surface area contributed by atoms with Crippen LogP contribution in [0.15, 0.2) is 47.6 Å². The number of carbonyl (C=O) groups excluding carboxylic acids is 1. The minimum absolute atomic E-state index is 0.104. The summed E-state index contributed by atoms with van der Waals surface area (Å²) < 4.78 is 24.4. The molecule has 0 aliphatic rings. The first-order chi connectivity index (χ1) is 9.47. The molecule has 2 aromatic rings. The van der Waals surface area contributed by atoms with Crippen LogP contribution in [0, 0.1) is 0 Å². The summed E-state index contributed by atoms with van der Waals surface area (Å²) in [4.78, 5) is 11.7. The SMILES string of the molecule is NS(=O)(=O)c1ccccc1NC(=O)CCn1cccn1. The molecule has 106 valence electrons. The number of nitrogens with zero attached hydrogens (tertiary/aromatic N) is 2. The molecule has 0 saturated heterocycles. The lowest BCUT2D eigenvalue weighted by Crippen LogP contribution is -2.19. The summed E-state index contributed by atoms with van der Waals surface area (Å²) in [7, 11) is -3.87. The van der Waals surface area contributed by atoms with E-state index in [1.165, 1.54) is 12.1 Å². The molecule has 0 radical (unpaired) electrons. The van der Waals surface area contributed by atoms with E-state index in [0.717, 1.165) is 0 Å². The van der Waals surface area contributed by atoms with Crippen LogP contribution < -0.4 is 10.5 Å². The minimum Gasteiger partial charge on any atom is -0.325 e. The van der Waals surface area contributed by atoms with Crippen LogP contribution in [0.2, 0.25) is 0 Å². The third kappa shape index (κ3) is 3.65. The molecule has 0 atom stereocenters. The standard InChI is InChI=1S/C12H14N4O3S/c13-20(18,19)11-5-2-1-4-10(11)15-12(17)6-9-16-8-3-7-14-16/h1-5,7-8H,6,9H2,(H,15,17)(H2,13,18,19). The number of nitrogens with one attached hydrogen (secondary N) is 1. The van der Waals surface area contributed by atoms with Crippen LogP contribution in [-0.4, -0.2) is 24.1 Å². The number of carbonyl (C=O) groups is 1. The lowest BCUT2D eigenvalue weighted by Gasteiger charge is -2.09. The predicted octanol–water partition coefficient (Wildman–Crippen LogP) is 0.559. The molecule has 1 aromatic heterocycles. The van der Waals surface area contributed by atoms with Crippen molar-refractivity contribution in [2.75, 3.05) is 5.32 Å². The van der Waals surface area contributed by atoms with Gasteiger partial charge in [0.25, 0.3) is 0 Å². The summed E-state index contributed by atoms with van der Waals surface area (Å²) in [6.45, 7) is 0.413. The Bertz CT molecular complexity index is 695. The van der Waals surface area contributed by atoms with Crippen molar-refractivity contribution in [1.29, 1.82) is 0 Å². The highest BCUT2D eigenvalue weighted by Crippen LogP contribution is 2.19.